The van der Waals surface area contributed by atoms with E-state index in [-0.39, 0.29) is 17.7 Å². The van der Waals surface area contributed by atoms with Crippen LogP contribution in [-0.2, 0) is 9.59 Å². The lowest BCUT2D eigenvalue weighted by molar-refractivity contribution is -0.134. The number of benzene rings is 1. The van der Waals surface area contributed by atoms with Crippen molar-refractivity contribution >= 4 is 28.3 Å². The van der Waals surface area contributed by atoms with Crippen molar-refractivity contribution in [2.45, 2.75) is 51.0 Å². The van der Waals surface area contributed by atoms with Crippen LogP contribution in [0.5, 0.6) is 11.5 Å². The molecule has 2 heterocycles. The van der Waals surface area contributed by atoms with Crippen molar-refractivity contribution < 1.29 is 19.1 Å². The van der Waals surface area contributed by atoms with Gasteiger partial charge in [0.05, 0.1) is 13.7 Å². The Bertz CT molecular complexity index is 943. The Morgan fingerprint density at radius 2 is 2.10 bits per heavy atom. The van der Waals surface area contributed by atoms with Gasteiger partial charge in [-0.2, -0.15) is 0 Å². The fraction of sp³-hybridized carbons (Fsp3) is 0.524. The molecule has 0 spiro atoms. The van der Waals surface area contributed by atoms with E-state index in [0.717, 1.165) is 23.4 Å². The number of aromatic nitrogens is 2. The van der Waals surface area contributed by atoms with E-state index in [9.17, 15) is 9.59 Å². The summed E-state index contributed by atoms with van der Waals surface area (Å²) in [4.78, 5) is 27.0. The zero-order valence-corrected chi connectivity index (χ0v) is 18.2. The third-order valence-corrected chi connectivity index (χ3v) is 6.56. The number of anilines is 1. The smallest absolute Gasteiger partial charge is 0.248 e. The van der Waals surface area contributed by atoms with Crippen LogP contribution in [0.2, 0.25) is 0 Å². The maximum atomic E-state index is 12.7. The second-order valence-corrected chi connectivity index (χ2v) is 8.68. The van der Waals surface area contributed by atoms with E-state index in [1.54, 1.807) is 18.9 Å². The quantitative estimate of drug-likeness (QED) is 0.691. The van der Waals surface area contributed by atoms with Gasteiger partial charge in [0.1, 0.15) is 11.0 Å². The molecule has 160 valence electrons. The summed E-state index contributed by atoms with van der Waals surface area (Å²) in [5.41, 5.74) is 1.00. The van der Waals surface area contributed by atoms with Gasteiger partial charge in [-0.25, -0.2) is 0 Å². The molecule has 0 radical (unpaired) electrons. The molecule has 0 bridgehead atoms. The molecule has 2 aliphatic rings. The summed E-state index contributed by atoms with van der Waals surface area (Å²) in [6, 6.07) is 5.15. The van der Waals surface area contributed by atoms with Crippen LogP contribution in [0, 0.1) is 0 Å². The van der Waals surface area contributed by atoms with E-state index in [1.807, 2.05) is 25.1 Å². The first kappa shape index (κ1) is 20.6. The number of carbonyl (C=O) groups excluding carboxylic acids is 2. The number of nitrogens with zero attached hydrogens (tertiary/aromatic N) is 3. The van der Waals surface area contributed by atoms with Gasteiger partial charge in [-0.05, 0) is 44.4 Å². The van der Waals surface area contributed by atoms with Crippen LogP contribution in [0.3, 0.4) is 0 Å². The van der Waals surface area contributed by atoms with Crippen LogP contribution < -0.4 is 14.8 Å². The molecule has 2 fully saturated rings. The van der Waals surface area contributed by atoms with Crippen LogP contribution in [0.25, 0.3) is 0 Å². The summed E-state index contributed by atoms with van der Waals surface area (Å²) in [5.74, 6) is 1.55. The van der Waals surface area contributed by atoms with Crippen molar-refractivity contribution in [3.63, 3.8) is 0 Å². The number of rotatable bonds is 8. The van der Waals surface area contributed by atoms with Gasteiger partial charge in [0, 0.05) is 24.8 Å². The molecular formula is C21H26N4O4S. The number of amides is 2. The van der Waals surface area contributed by atoms with E-state index in [1.165, 1.54) is 11.3 Å². The first-order chi connectivity index (χ1) is 14.5. The average Bonchev–Trinajstić information content (AvgIpc) is 3.37. The molecular weight excluding hydrogens is 404 g/mol. The van der Waals surface area contributed by atoms with E-state index in [2.05, 4.69) is 15.5 Å². The van der Waals surface area contributed by atoms with Crippen molar-refractivity contribution in [1.82, 2.24) is 15.1 Å². The fourth-order valence-electron chi connectivity index (χ4n) is 3.68. The monoisotopic (exact) mass is 430 g/mol. The zero-order valence-electron chi connectivity index (χ0n) is 17.4. The Hall–Kier alpha value is -2.68. The molecule has 30 heavy (non-hydrogen) atoms. The van der Waals surface area contributed by atoms with Gasteiger partial charge in [-0.1, -0.05) is 17.4 Å². The highest BCUT2D eigenvalue weighted by Gasteiger charge is 2.37. The van der Waals surface area contributed by atoms with Gasteiger partial charge < -0.3 is 14.4 Å². The predicted octanol–water partition coefficient (Wildman–Crippen LogP) is 3.17. The SMILES string of the molecule is CCOc1cc(C2CC(=O)N(C(C)C(=O)Nc3nnc(C4CC4)s3)C2)ccc1OC. The summed E-state index contributed by atoms with van der Waals surface area (Å²) >= 11 is 1.42. The molecule has 1 aromatic heterocycles. The second-order valence-electron chi connectivity index (χ2n) is 7.68. The molecule has 1 N–H and O–H groups in total. The Labute approximate surface area is 179 Å². The second kappa shape index (κ2) is 8.59. The van der Waals surface area contributed by atoms with Crippen LogP contribution in [-0.4, -0.2) is 53.2 Å². The van der Waals surface area contributed by atoms with Crippen LogP contribution in [0.15, 0.2) is 18.2 Å². The van der Waals surface area contributed by atoms with Gasteiger partial charge in [0.25, 0.3) is 0 Å². The molecule has 2 unspecified atom stereocenters. The molecule has 1 aliphatic carbocycles. The standard InChI is InChI=1S/C21H26N4O4S/c1-4-29-17-9-14(7-8-16(17)28-3)15-10-18(26)25(11-15)12(2)19(27)22-21-24-23-20(30-21)13-5-6-13/h7-9,12-13,15H,4-6,10-11H2,1-3H3,(H,22,24,27). The maximum absolute atomic E-state index is 12.7. The Morgan fingerprint density at radius 1 is 1.30 bits per heavy atom. The minimum atomic E-state index is -0.583. The van der Waals surface area contributed by atoms with Crippen molar-refractivity contribution in [2.24, 2.45) is 0 Å². The van der Waals surface area contributed by atoms with Crippen molar-refractivity contribution in [1.29, 1.82) is 0 Å². The maximum Gasteiger partial charge on any atom is 0.248 e. The highest BCUT2D eigenvalue weighted by molar-refractivity contribution is 7.15. The predicted molar refractivity (Wildman–Crippen MR) is 113 cm³/mol. The molecule has 1 aliphatic heterocycles. The lowest BCUT2D eigenvalue weighted by Gasteiger charge is -2.23. The van der Waals surface area contributed by atoms with Gasteiger partial charge in [0.15, 0.2) is 11.5 Å². The van der Waals surface area contributed by atoms with E-state index in [0.29, 0.717) is 42.1 Å². The molecule has 2 atom stereocenters. The minimum Gasteiger partial charge on any atom is -0.493 e. The molecule has 1 aromatic carbocycles. The Balaban J connectivity index is 1.42. The first-order valence-electron chi connectivity index (χ1n) is 10.2. The molecule has 8 nitrogen and oxygen atoms in total. The van der Waals surface area contributed by atoms with Crippen LogP contribution in [0.4, 0.5) is 5.13 Å². The summed E-state index contributed by atoms with van der Waals surface area (Å²) in [5, 5.41) is 12.5. The third-order valence-electron chi connectivity index (χ3n) is 5.56. The number of hydrogen-bond acceptors (Lipinski definition) is 7. The topological polar surface area (TPSA) is 93.7 Å². The third kappa shape index (κ3) is 4.26. The van der Waals surface area contributed by atoms with Gasteiger partial charge in [-0.3, -0.25) is 14.9 Å². The Kier molecular flexibility index (Phi) is 5.90. The number of hydrogen-bond donors (Lipinski definition) is 1. The van der Waals surface area contributed by atoms with Gasteiger partial charge in [0.2, 0.25) is 16.9 Å². The molecule has 9 heteroatoms. The summed E-state index contributed by atoms with van der Waals surface area (Å²) in [7, 11) is 1.60. The summed E-state index contributed by atoms with van der Waals surface area (Å²) < 4.78 is 11.0. The number of nitrogens with one attached hydrogen (secondary N) is 1. The lowest BCUT2D eigenvalue weighted by atomic mass is 9.98. The minimum absolute atomic E-state index is 0.000797. The lowest BCUT2D eigenvalue weighted by Crippen LogP contribution is -2.42. The molecule has 1 saturated heterocycles. The van der Waals surface area contributed by atoms with Crippen molar-refractivity contribution in [3.05, 3.63) is 28.8 Å². The number of likely N-dealkylation sites (tertiary alicyclic amines) is 1. The van der Waals surface area contributed by atoms with E-state index in [4.69, 9.17) is 9.47 Å². The fourth-order valence-corrected chi connectivity index (χ4v) is 4.59. The molecule has 4 rings (SSSR count). The molecule has 2 amide bonds. The van der Waals surface area contributed by atoms with Crippen LogP contribution >= 0.6 is 11.3 Å². The average molecular weight is 431 g/mol. The Morgan fingerprint density at radius 3 is 2.80 bits per heavy atom. The highest BCUT2D eigenvalue weighted by atomic mass is 32.1. The first-order valence-corrected chi connectivity index (χ1v) is 11.1. The summed E-state index contributed by atoms with van der Waals surface area (Å²) in [6.07, 6.45) is 2.64. The summed E-state index contributed by atoms with van der Waals surface area (Å²) in [6.45, 7) is 4.67. The van der Waals surface area contributed by atoms with E-state index < -0.39 is 6.04 Å². The van der Waals surface area contributed by atoms with Gasteiger partial charge >= 0.3 is 0 Å². The highest BCUT2D eigenvalue weighted by Crippen LogP contribution is 2.42. The van der Waals surface area contributed by atoms with Gasteiger partial charge in [-0.15, -0.1) is 10.2 Å². The largest absolute Gasteiger partial charge is 0.493 e. The van der Waals surface area contributed by atoms with Crippen molar-refractivity contribution in [2.75, 3.05) is 25.6 Å². The van der Waals surface area contributed by atoms with Crippen LogP contribution in [0.1, 0.15) is 55.5 Å². The number of methoxy groups -OCH3 is 1. The molecule has 2 aromatic rings. The molecule has 1 saturated carbocycles. The number of carbonyl (C=O) groups is 2. The normalized spacial score (nSPS) is 19.6. The van der Waals surface area contributed by atoms with E-state index >= 15 is 0 Å². The van der Waals surface area contributed by atoms with Crippen molar-refractivity contribution in [3.8, 4) is 11.5 Å². The number of ether oxygens (including phenoxy) is 2. The zero-order chi connectivity index (χ0) is 21.3.